The van der Waals surface area contributed by atoms with Crippen LogP contribution in [0.5, 0.6) is 0 Å². The summed E-state index contributed by atoms with van der Waals surface area (Å²) in [5, 5.41) is 11.0. The lowest BCUT2D eigenvalue weighted by Crippen LogP contribution is -2.27. The zero-order valence-electron chi connectivity index (χ0n) is 15.8. The van der Waals surface area contributed by atoms with E-state index in [2.05, 4.69) is 41.4 Å². The zero-order chi connectivity index (χ0) is 18.6. The fraction of sp³-hybridized carbons (Fsp3) is 0.500. The summed E-state index contributed by atoms with van der Waals surface area (Å²) in [6.45, 7) is 0. The van der Waals surface area contributed by atoms with Gasteiger partial charge < -0.3 is 14.8 Å². The first-order valence-electron chi connectivity index (χ1n) is 10.3. The molecule has 1 saturated heterocycles. The zero-order valence-corrected chi connectivity index (χ0v) is 16.6. The maximum Gasteiger partial charge on any atom is 0.147 e. The van der Waals surface area contributed by atoms with E-state index in [4.69, 9.17) is 0 Å². The second-order valence-corrected chi connectivity index (χ2v) is 9.40. The van der Waals surface area contributed by atoms with Crippen molar-refractivity contribution in [1.82, 2.24) is 4.90 Å². The fourth-order valence-corrected chi connectivity index (χ4v) is 6.13. The maximum absolute atomic E-state index is 11.1. The average Bonchev–Trinajstić information content (AvgIpc) is 3.19. The van der Waals surface area contributed by atoms with Gasteiger partial charge in [0.25, 0.3) is 0 Å². The predicted octanol–water partition coefficient (Wildman–Crippen LogP) is 3.91. The fourth-order valence-electron chi connectivity index (χ4n) is 4.61. The summed E-state index contributed by atoms with van der Waals surface area (Å²) >= 11 is 1.90. The van der Waals surface area contributed by atoms with E-state index >= 15 is 0 Å². The van der Waals surface area contributed by atoms with Crippen molar-refractivity contribution in [2.24, 2.45) is 5.92 Å². The van der Waals surface area contributed by atoms with Crippen LogP contribution in [0.2, 0.25) is 6.32 Å². The van der Waals surface area contributed by atoms with Gasteiger partial charge in [-0.2, -0.15) is 11.8 Å². The lowest BCUT2D eigenvalue weighted by molar-refractivity contribution is -0.106. The summed E-state index contributed by atoms with van der Waals surface area (Å²) in [7, 11) is 1.05. The Morgan fingerprint density at radius 2 is 2.15 bits per heavy atom. The minimum atomic E-state index is -0.390. The molecule has 0 saturated carbocycles. The van der Waals surface area contributed by atoms with Gasteiger partial charge in [-0.1, -0.05) is 30.6 Å². The van der Waals surface area contributed by atoms with Crippen molar-refractivity contribution in [3.05, 3.63) is 59.6 Å². The minimum absolute atomic E-state index is 0.218. The Hall–Kier alpha value is -1.46. The van der Waals surface area contributed by atoms with Gasteiger partial charge in [-0.15, -0.1) is 0 Å². The van der Waals surface area contributed by atoms with Gasteiger partial charge in [0.2, 0.25) is 0 Å². The Balaban J connectivity index is 1.52. The average molecular weight is 381 g/mol. The molecule has 0 aromatic carbocycles. The van der Waals surface area contributed by atoms with Crippen LogP contribution in [0.1, 0.15) is 38.5 Å². The molecule has 0 spiro atoms. The summed E-state index contributed by atoms with van der Waals surface area (Å²) in [6.07, 6.45) is 23.3. The van der Waals surface area contributed by atoms with E-state index in [0.29, 0.717) is 17.6 Å². The molecule has 0 bridgehead atoms. The summed E-state index contributed by atoms with van der Waals surface area (Å²) in [4.78, 5) is 13.5. The van der Waals surface area contributed by atoms with E-state index < -0.39 is 0 Å². The summed E-state index contributed by atoms with van der Waals surface area (Å²) in [6, 6.07) is 0. The number of thioether (sulfide) groups is 1. The summed E-state index contributed by atoms with van der Waals surface area (Å²) < 4.78 is 0. The highest BCUT2D eigenvalue weighted by atomic mass is 32.2. The van der Waals surface area contributed by atoms with E-state index in [1.165, 1.54) is 24.1 Å². The SMILES string of the molecule is O=C[C@H]1BCC(C2CC=C(N(C3=C[C@H](O)CC=C3)C3=CC=CCC3)CC2)S1. The molecule has 27 heavy (non-hydrogen) atoms. The van der Waals surface area contributed by atoms with E-state index in [0.717, 1.165) is 44.9 Å². The molecule has 142 valence electrons. The van der Waals surface area contributed by atoms with Crippen LogP contribution in [-0.2, 0) is 4.79 Å². The Morgan fingerprint density at radius 3 is 2.81 bits per heavy atom. The van der Waals surface area contributed by atoms with Gasteiger partial charge in [0.1, 0.15) is 13.6 Å². The van der Waals surface area contributed by atoms with Crippen LogP contribution < -0.4 is 0 Å². The predicted molar refractivity (Wildman–Crippen MR) is 115 cm³/mol. The van der Waals surface area contributed by atoms with Gasteiger partial charge in [0.05, 0.1) is 6.10 Å². The molecule has 0 amide bonds. The van der Waals surface area contributed by atoms with Crippen LogP contribution in [0.4, 0.5) is 0 Å². The number of carbonyl (C=O) groups is 1. The topological polar surface area (TPSA) is 40.5 Å². The van der Waals surface area contributed by atoms with E-state index in [1.807, 2.05) is 17.8 Å². The second kappa shape index (κ2) is 8.70. The molecule has 1 aliphatic heterocycles. The molecule has 4 atom stereocenters. The first kappa shape index (κ1) is 18.9. The quantitative estimate of drug-likeness (QED) is 0.579. The van der Waals surface area contributed by atoms with Crippen molar-refractivity contribution in [3.63, 3.8) is 0 Å². The summed E-state index contributed by atoms with van der Waals surface area (Å²) in [5.41, 5.74) is 3.80. The van der Waals surface area contributed by atoms with Crippen LogP contribution in [0.3, 0.4) is 0 Å². The van der Waals surface area contributed by atoms with E-state index in [-0.39, 0.29) is 11.3 Å². The lowest BCUT2D eigenvalue weighted by atomic mass is 9.68. The smallest absolute Gasteiger partial charge is 0.147 e. The van der Waals surface area contributed by atoms with Gasteiger partial charge >= 0.3 is 0 Å². The second-order valence-electron chi connectivity index (χ2n) is 7.91. The van der Waals surface area contributed by atoms with Gasteiger partial charge in [-0.25, -0.2) is 0 Å². The van der Waals surface area contributed by atoms with E-state index in [1.54, 1.807) is 0 Å². The number of hydrogen-bond donors (Lipinski definition) is 1. The number of rotatable bonds is 5. The molecule has 0 aromatic rings. The lowest BCUT2D eigenvalue weighted by Gasteiger charge is -2.37. The molecule has 0 aromatic heterocycles. The van der Waals surface area contributed by atoms with Gasteiger partial charge in [-0.3, -0.25) is 0 Å². The highest BCUT2D eigenvalue weighted by Gasteiger charge is 2.33. The Bertz CT molecular complexity index is 724. The minimum Gasteiger partial charge on any atom is -0.389 e. The molecule has 3 aliphatic carbocycles. The molecule has 1 fully saturated rings. The monoisotopic (exact) mass is 381 g/mol. The molecule has 2 unspecified atom stereocenters. The molecular formula is C22H28BNO2S. The van der Waals surface area contributed by atoms with Gasteiger partial charge in [0.15, 0.2) is 0 Å². The standard InChI is InChI=1S/C22H28BNO2S/c25-15-22-23-14-21(27-22)16-9-11-18(12-10-16)24(17-5-2-1-3-6-17)19-7-4-8-20(26)13-19/h1-2,4-5,7,11,13,15-16,20-23,26H,3,6,8-10,12,14H2/t16?,20-,21?,22+/m1/s1. The highest BCUT2D eigenvalue weighted by Crippen LogP contribution is 2.41. The third kappa shape index (κ3) is 4.35. The van der Waals surface area contributed by atoms with Crippen molar-refractivity contribution >= 4 is 25.3 Å². The Labute approximate surface area is 167 Å². The molecule has 1 N–H and O–H groups in total. The molecule has 0 radical (unpaired) electrons. The molecule has 4 rings (SSSR count). The van der Waals surface area contributed by atoms with Crippen molar-refractivity contribution in [3.8, 4) is 0 Å². The van der Waals surface area contributed by atoms with Crippen molar-refractivity contribution in [1.29, 1.82) is 0 Å². The van der Waals surface area contributed by atoms with E-state index in [9.17, 15) is 9.90 Å². The normalized spacial score (nSPS) is 33.0. The molecular weight excluding hydrogens is 353 g/mol. The Kier molecular flexibility index (Phi) is 6.09. The Morgan fingerprint density at radius 1 is 1.22 bits per heavy atom. The molecule has 5 heteroatoms. The first-order chi connectivity index (χ1) is 13.2. The molecule has 4 aliphatic rings. The van der Waals surface area contributed by atoms with Crippen LogP contribution >= 0.6 is 11.8 Å². The largest absolute Gasteiger partial charge is 0.389 e. The molecule has 1 heterocycles. The number of aliphatic hydroxyl groups excluding tert-OH is 1. The van der Waals surface area contributed by atoms with Crippen molar-refractivity contribution < 1.29 is 9.90 Å². The van der Waals surface area contributed by atoms with Crippen LogP contribution in [0, 0.1) is 5.92 Å². The number of aliphatic hydroxyl groups is 1. The number of carbonyl (C=O) groups excluding carboxylic acids is 1. The highest BCUT2D eigenvalue weighted by molar-refractivity contribution is 8.03. The first-order valence-corrected chi connectivity index (χ1v) is 11.2. The van der Waals surface area contributed by atoms with Crippen molar-refractivity contribution in [2.45, 2.75) is 61.3 Å². The van der Waals surface area contributed by atoms with Crippen molar-refractivity contribution in [2.75, 3.05) is 0 Å². The maximum atomic E-state index is 11.1. The number of allylic oxidation sites excluding steroid dienone is 7. The number of hydrogen-bond acceptors (Lipinski definition) is 4. The van der Waals surface area contributed by atoms with Gasteiger partial charge in [-0.05, 0) is 62.7 Å². The van der Waals surface area contributed by atoms with Gasteiger partial charge in [0, 0.05) is 27.5 Å². The van der Waals surface area contributed by atoms with Crippen LogP contribution in [0.25, 0.3) is 0 Å². The third-order valence-corrected chi connectivity index (χ3v) is 7.71. The summed E-state index contributed by atoms with van der Waals surface area (Å²) in [5.74, 6) is 0.687. The molecule has 3 nitrogen and oxygen atoms in total. The van der Waals surface area contributed by atoms with Crippen LogP contribution in [0.15, 0.2) is 59.6 Å². The number of aldehydes is 1. The van der Waals surface area contributed by atoms with Crippen LogP contribution in [-0.4, -0.2) is 40.1 Å². The third-order valence-electron chi connectivity index (χ3n) is 6.04. The number of nitrogens with zero attached hydrogens (tertiary/aromatic N) is 1.